The average Bonchev–Trinajstić information content (AvgIpc) is 3.18. The third-order valence-electron chi connectivity index (χ3n) is 6.45. The number of primary amides is 1. The summed E-state index contributed by atoms with van der Waals surface area (Å²) in [6, 6.07) is 1.54. The Bertz CT molecular complexity index is 755. The van der Waals surface area contributed by atoms with Crippen molar-refractivity contribution < 1.29 is 14.7 Å². The molecule has 3 aliphatic rings. The zero-order chi connectivity index (χ0) is 18.5. The second kappa shape index (κ2) is 6.23. The molecule has 0 bridgehead atoms. The first kappa shape index (κ1) is 17.3. The molecule has 3 N–H and O–H groups in total. The highest BCUT2D eigenvalue weighted by Gasteiger charge is 2.47. The third kappa shape index (κ3) is 2.84. The summed E-state index contributed by atoms with van der Waals surface area (Å²) >= 11 is 0. The van der Waals surface area contributed by atoms with Gasteiger partial charge in [0.25, 0.3) is 5.91 Å². The molecule has 1 aromatic heterocycles. The molecule has 1 atom stereocenters. The Hall–Kier alpha value is -2.15. The molecular formula is C19H26N4O3. The summed E-state index contributed by atoms with van der Waals surface area (Å²) in [7, 11) is 1.90. The lowest BCUT2D eigenvalue weighted by atomic mass is 9.76. The van der Waals surface area contributed by atoms with Crippen LogP contribution in [-0.2, 0) is 17.6 Å². The molecule has 7 heteroatoms. The number of aryl methyl sites for hydroxylation is 2. The van der Waals surface area contributed by atoms with Crippen molar-refractivity contribution in [1.82, 2.24) is 9.88 Å². The number of piperidine rings is 1. The number of carboxylic acids is 1. The smallest absolute Gasteiger partial charge is 0.320 e. The van der Waals surface area contributed by atoms with E-state index in [-0.39, 0.29) is 11.5 Å². The van der Waals surface area contributed by atoms with Crippen LogP contribution in [0.3, 0.4) is 0 Å². The molecule has 1 spiro atoms. The Kier molecular flexibility index (Phi) is 4.14. The van der Waals surface area contributed by atoms with E-state index in [9.17, 15) is 14.7 Å². The van der Waals surface area contributed by atoms with Gasteiger partial charge in [-0.25, -0.2) is 4.98 Å². The number of carbonyl (C=O) groups excluding carboxylic acids is 1. The number of fused-ring (bicyclic) bond motifs is 1. The van der Waals surface area contributed by atoms with E-state index in [0.29, 0.717) is 17.8 Å². The Morgan fingerprint density at radius 1 is 1.31 bits per heavy atom. The van der Waals surface area contributed by atoms with E-state index in [2.05, 4.69) is 4.90 Å². The quantitative estimate of drug-likeness (QED) is 0.838. The molecule has 0 saturated carbocycles. The van der Waals surface area contributed by atoms with Gasteiger partial charge in [0.1, 0.15) is 11.9 Å². The standard InChI is InChI=1S/C19H26N4O3/c1-22-11-19(10-15(22)18(25)26)5-7-23(8-6-19)17-13(16(20)24)9-12-3-2-4-14(12)21-17/h9,15H,2-8,10-11H2,1H3,(H2,20,24)(H,25,26). The Balaban J connectivity index is 1.54. The normalized spacial score (nSPS) is 24.8. The summed E-state index contributed by atoms with van der Waals surface area (Å²) in [5.41, 5.74) is 8.44. The average molecular weight is 358 g/mol. The lowest BCUT2D eigenvalue weighted by molar-refractivity contribution is -0.141. The van der Waals surface area contributed by atoms with Crippen LogP contribution < -0.4 is 10.6 Å². The fourth-order valence-corrected chi connectivity index (χ4v) is 4.98. The van der Waals surface area contributed by atoms with Crippen LogP contribution in [0.2, 0.25) is 0 Å². The van der Waals surface area contributed by atoms with Gasteiger partial charge in [0.15, 0.2) is 0 Å². The lowest BCUT2D eigenvalue weighted by Gasteiger charge is -2.40. The third-order valence-corrected chi connectivity index (χ3v) is 6.45. The van der Waals surface area contributed by atoms with Crippen LogP contribution in [0.5, 0.6) is 0 Å². The Morgan fingerprint density at radius 2 is 2.04 bits per heavy atom. The molecule has 7 nitrogen and oxygen atoms in total. The number of aliphatic carboxylic acids is 1. The maximum atomic E-state index is 12.0. The number of amides is 1. The van der Waals surface area contributed by atoms with E-state index < -0.39 is 11.9 Å². The summed E-state index contributed by atoms with van der Waals surface area (Å²) in [5.74, 6) is -0.439. The van der Waals surface area contributed by atoms with Crippen LogP contribution >= 0.6 is 0 Å². The fourth-order valence-electron chi connectivity index (χ4n) is 4.98. The van der Waals surface area contributed by atoms with E-state index in [0.717, 1.165) is 63.0 Å². The summed E-state index contributed by atoms with van der Waals surface area (Å²) in [6.45, 7) is 2.39. The molecule has 140 valence electrons. The first-order chi connectivity index (χ1) is 12.4. The second-order valence-electron chi connectivity index (χ2n) is 8.14. The highest BCUT2D eigenvalue weighted by atomic mass is 16.4. The Labute approximate surface area is 153 Å². The highest BCUT2D eigenvalue weighted by Crippen LogP contribution is 2.44. The molecule has 1 aromatic rings. The number of anilines is 1. The molecular weight excluding hydrogens is 332 g/mol. The number of nitrogens with zero attached hydrogens (tertiary/aromatic N) is 3. The number of hydrogen-bond donors (Lipinski definition) is 2. The first-order valence-electron chi connectivity index (χ1n) is 9.39. The molecule has 1 aliphatic carbocycles. The largest absolute Gasteiger partial charge is 0.480 e. The SMILES string of the molecule is CN1CC2(CCN(c3nc4c(cc3C(N)=O)CCC4)CC2)CC1C(=O)O. The molecule has 26 heavy (non-hydrogen) atoms. The summed E-state index contributed by atoms with van der Waals surface area (Å²) in [4.78, 5) is 32.3. The second-order valence-corrected chi connectivity index (χ2v) is 8.14. The predicted octanol–water partition coefficient (Wildman–Crippen LogP) is 1.04. The summed E-state index contributed by atoms with van der Waals surface area (Å²) in [6.07, 6.45) is 5.54. The minimum Gasteiger partial charge on any atom is -0.480 e. The van der Waals surface area contributed by atoms with Gasteiger partial charge >= 0.3 is 5.97 Å². The van der Waals surface area contributed by atoms with Crippen molar-refractivity contribution in [2.24, 2.45) is 11.1 Å². The Morgan fingerprint density at radius 3 is 2.65 bits per heavy atom. The first-order valence-corrected chi connectivity index (χ1v) is 9.39. The molecule has 2 aliphatic heterocycles. The van der Waals surface area contributed by atoms with Crippen LogP contribution in [0.1, 0.15) is 47.3 Å². The van der Waals surface area contributed by atoms with Crippen molar-refractivity contribution in [1.29, 1.82) is 0 Å². The monoisotopic (exact) mass is 358 g/mol. The van der Waals surface area contributed by atoms with Gasteiger partial charge in [0, 0.05) is 25.3 Å². The van der Waals surface area contributed by atoms with Crippen LogP contribution in [0, 0.1) is 5.41 Å². The fraction of sp³-hybridized carbons (Fsp3) is 0.632. The maximum absolute atomic E-state index is 12.0. The molecule has 2 fully saturated rings. The van der Waals surface area contributed by atoms with Gasteiger partial charge in [-0.05, 0) is 62.6 Å². The molecule has 1 unspecified atom stereocenters. The molecule has 4 rings (SSSR count). The molecule has 1 amide bonds. The molecule has 0 radical (unpaired) electrons. The lowest BCUT2D eigenvalue weighted by Crippen LogP contribution is -2.42. The van der Waals surface area contributed by atoms with E-state index in [1.54, 1.807) is 0 Å². The summed E-state index contributed by atoms with van der Waals surface area (Å²) < 4.78 is 0. The van der Waals surface area contributed by atoms with Gasteiger partial charge in [-0.2, -0.15) is 0 Å². The molecule has 2 saturated heterocycles. The summed E-state index contributed by atoms with van der Waals surface area (Å²) in [5, 5.41) is 9.40. The van der Waals surface area contributed by atoms with Gasteiger partial charge in [-0.3, -0.25) is 14.5 Å². The molecule has 0 aromatic carbocycles. The number of rotatable bonds is 3. The topological polar surface area (TPSA) is 99.8 Å². The number of likely N-dealkylation sites (tertiary alicyclic amines) is 1. The number of hydrogen-bond acceptors (Lipinski definition) is 5. The minimum absolute atomic E-state index is 0.0535. The van der Waals surface area contributed by atoms with Crippen molar-refractivity contribution in [2.45, 2.75) is 44.6 Å². The van der Waals surface area contributed by atoms with Crippen LogP contribution in [0.4, 0.5) is 5.82 Å². The van der Waals surface area contributed by atoms with Crippen molar-refractivity contribution in [3.05, 3.63) is 22.9 Å². The predicted molar refractivity (Wildman–Crippen MR) is 97.3 cm³/mol. The van der Waals surface area contributed by atoms with E-state index >= 15 is 0 Å². The van der Waals surface area contributed by atoms with Gasteiger partial charge in [0.05, 0.1) is 5.56 Å². The van der Waals surface area contributed by atoms with Gasteiger partial charge in [-0.15, -0.1) is 0 Å². The number of aromatic nitrogens is 1. The van der Waals surface area contributed by atoms with Gasteiger partial charge in [-0.1, -0.05) is 0 Å². The highest BCUT2D eigenvalue weighted by molar-refractivity contribution is 5.98. The van der Waals surface area contributed by atoms with E-state index in [1.807, 2.05) is 18.0 Å². The number of carboxylic acid groups (broad SMARTS) is 1. The maximum Gasteiger partial charge on any atom is 0.320 e. The van der Waals surface area contributed by atoms with Gasteiger partial charge < -0.3 is 15.7 Å². The number of pyridine rings is 1. The van der Waals surface area contributed by atoms with Crippen molar-refractivity contribution >= 4 is 17.7 Å². The zero-order valence-corrected chi connectivity index (χ0v) is 15.2. The van der Waals surface area contributed by atoms with E-state index in [1.165, 1.54) is 0 Å². The van der Waals surface area contributed by atoms with Crippen molar-refractivity contribution in [3.63, 3.8) is 0 Å². The van der Waals surface area contributed by atoms with Crippen LogP contribution in [-0.4, -0.2) is 59.6 Å². The van der Waals surface area contributed by atoms with Crippen molar-refractivity contribution in [2.75, 3.05) is 31.6 Å². The van der Waals surface area contributed by atoms with Crippen molar-refractivity contribution in [3.8, 4) is 0 Å². The minimum atomic E-state index is -0.733. The number of carbonyl (C=O) groups is 2. The van der Waals surface area contributed by atoms with E-state index in [4.69, 9.17) is 10.7 Å². The van der Waals surface area contributed by atoms with Crippen LogP contribution in [0.25, 0.3) is 0 Å². The van der Waals surface area contributed by atoms with Crippen LogP contribution in [0.15, 0.2) is 6.07 Å². The molecule has 3 heterocycles. The number of likely N-dealkylation sites (N-methyl/N-ethyl adjacent to an activating group) is 1. The zero-order valence-electron chi connectivity index (χ0n) is 15.2. The van der Waals surface area contributed by atoms with Gasteiger partial charge in [0.2, 0.25) is 0 Å². The number of nitrogens with two attached hydrogens (primary N) is 1.